The van der Waals surface area contributed by atoms with Gasteiger partial charge >= 0.3 is 7.82 Å². The molecule has 0 aliphatic heterocycles. The average Bonchev–Trinajstić information content (AvgIpc) is 2.43. The summed E-state index contributed by atoms with van der Waals surface area (Å²) in [6.45, 7) is 6.50. The number of unbranched alkanes of at least 4 members (excludes halogenated alkanes) is 2. The first-order valence-corrected chi connectivity index (χ1v) is 9.71. The highest BCUT2D eigenvalue weighted by Gasteiger charge is 2.15. The number of hydrogen-bond acceptors (Lipinski definition) is 2. The summed E-state index contributed by atoms with van der Waals surface area (Å²) < 4.78 is 15.4. The average molecular weight is 328 g/mol. The largest absolute Gasteiger partial charge is 0.469 e. The van der Waals surface area contributed by atoms with E-state index in [4.69, 9.17) is 9.79 Å². The van der Waals surface area contributed by atoms with Crippen LogP contribution in [0.15, 0.2) is 12.1 Å². The van der Waals surface area contributed by atoms with Gasteiger partial charge in [0.25, 0.3) is 0 Å². The first kappa shape index (κ1) is 19.4. The molecule has 126 valence electrons. The molecule has 1 aromatic rings. The van der Waals surface area contributed by atoms with Crippen LogP contribution in [0.4, 0.5) is 0 Å². The molecule has 22 heavy (non-hydrogen) atoms. The monoisotopic (exact) mass is 328 g/mol. The standard InChI is InChI=1S/C17H29O4P/c1-4-6-8-15-12-14(3)17(10-11-21-22(18,19)20)16(13-15)9-7-5-2/h12-13H,4-11H2,1-3H3,(H2,18,19,20). The summed E-state index contributed by atoms with van der Waals surface area (Å²) in [5.41, 5.74) is 5.06. The predicted molar refractivity (Wildman–Crippen MR) is 90.1 cm³/mol. The molecular formula is C17H29O4P. The molecule has 0 atom stereocenters. The normalized spacial score (nSPS) is 11.9. The molecule has 0 spiro atoms. The second kappa shape index (κ2) is 9.46. The molecular weight excluding hydrogens is 299 g/mol. The molecule has 0 fully saturated rings. The van der Waals surface area contributed by atoms with Crippen molar-refractivity contribution in [3.63, 3.8) is 0 Å². The Labute approximate surface area is 134 Å². The van der Waals surface area contributed by atoms with E-state index in [-0.39, 0.29) is 6.61 Å². The SMILES string of the molecule is CCCCc1cc(C)c(CCOP(=O)(O)O)c(CCCC)c1. The summed E-state index contributed by atoms with van der Waals surface area (Å²) in [5, 5.41) is 0. The van der Waals surface area contributed by atoms with Crippen LogP contribution in [0.1, 0.15) is 61.8 Å². The maximum atomic E-state index is 10.8. The Bertz CT molecular complexity index is 508. The lowest BCUT2D eigenvalue weighted by atomic mass is 9.92. The minimum atomic E-state index is -4.38. The second-order valence-corrected chi connectivity index (χ2v) is 7.07. The van der Waals surface area contributed by atoms with Crippen molar-refractivity contribution < 1.29 is 18.9 Å². The van der Waals surface area contributed by atoms with E-state index in [0.717, 1.165) is 25.7 Å². The zero-order valence-electron chi connectivity index (χ0n) is 14.0. The Morgan fingerprint density at radius 1 is 1.05 bits per heavy atom. The zero-order valence-corrected chi connectivity index (χ0v) is 14.9. The van der Waals surface area contributed by atoms with Gasteiger partial charge in [-0.1, -0.05) is 38.8 Å². The maximum absolute atomic E-state index is 10.8. The maximum Gasteiger partial charge on any atom is 0.469 e. The van der Waals surface area contributed by atoms with Crippen LogP contribution in [-0.4, -0.2) is 16.4 Å². The smallest absolute Gasteiger partial charge is 0.303 e. The molecule has 0 aromatic heterocycles. The van der Waals surface area contributed by atoms with Crippen molar-refractivity contribution in [1.29, 1.82) is 0 Å². The van der Waals surface area contributed by atoms with E-state index in [1.807, 2.05) is 0 Å². The van der Waals surface area contributed by atoms with Gasteiger partial charge in [-0.15, -0.1) is 0 Å². The molecule has 0 aliphatic rings. The summed E-state index contributed by atoms with van der Waals surface area (Å²) in [6.07, 6.45) is 7.29. The van der Waals surface area contributed by atoms with Crippen LogP contribution in [0.25, 0.3) is 0 Å². The minimum absolute atomic E-state index is 0.0541. The third-order valence-electron chi connectivity index (χ3n) is 3.86. The van der Waals surface area contributed by atoms with Gasteiger partial charge in [-0.3, -0.25) is 4.52 Å². The van der Waals surface area contributed by atoms with E-state index in [1.165, 1.54) is 35.1 Å². The first-order chi connectivity index (χ1) is 10.4. The van der Waals surface area contributed by atoms with Crippen LogP contribution in [0, 0.1) is 6.92 Å². The van der Waals surface area contributed by atoms with Gasteiger partial charge in [-0.05, 0) is 61.3 Å². The van der Waals surface area contributed by atoms with Gasteiger partial charge < -0.3 is 9.79 Å². The van der Waals surface area contributed by atoms with Gasteiger partial charge in [0.05, 0.1) is 6.61 Å². The van der Waals surface area contributed by atoms with Crippen LogP contribution >= 0.6 is 7.82 Å². The van der Waals surface area contributed by atoms with Gasteiger partial charge in [0.15, 0.2) is 0 Å². The summed E-state index contributed by atoms with van der Waals surface area (Å²) in [6, 6.07) is 4.48. The Hall–Kier alpha value is -0.670. The summed E-state index contributed by atoms with van der Waals surface area (Å²) >= 11 is 0. The van der Waals surface area contributed by atoms with Gasteiger partial charge in [-0.2, -0.15) is 0 Å². The molecule has 0 unspecified atom stereocenters. The minimum Gasteiger partial charge on any atom is -0.303 e. The fourth-order valence-electron chi connectivity index (χ4n) is 2.71. The Morgan fingerprint density at radius 2 is 1.68 bits per heavy atom. The van der Waals surface area contributed by atoms with Crippen molar-refractivity contribution in [3.8, 4) is 0 Å². The number of phosphoric ester groups is 1. The van der Waals surface area contributed by atoms with Crippen molar-refractivity contribution in [3.05, 3.63) is 34.4 Å². The van der Waals surface area contributed by atoms with Gasteiger partial charge in [0, 0.05) is 0 Å². The summed E-state index contributed by atoms with van der Waals surface area (Å²) in [7, 11) is -4.38. The molecule has 0 saturated heterocycles. The van der Waals surface area contributed by atoms with E-state index in [2.05, 4.69) is 37.4 Å². The van der Waals surface area contributed by atoms with E-state index >= 15 is 0 Å². The number of phosphoric acid groups is 1. The Kier molecular flexibility index (Phi) is 8.34. The van der Waals surface area contributed by atoms with E-state index in [0.29, 0.717) is 6.42 Å². The van der Waals surface area contributed by atoms with Gasteiger partial charge in [-0.25, -0.2) is 4.57 Å². The Morgan fingerprint density at radius 3 is 2.27 bits per heavy atom. The molecule has 2 N–H and O–H groups in total. The third-order valence-corrected chi connectivity index (χ3v) is 4.37. The lowest BCUT2D eigenvalue weighted by Gasteiger charge is -2.16. The van der Waals surface area contributed by atoms with Crippen LogP contribution in [0.2, 0.25) is 0 Å². The van der Waals surface area contributed by atoms with Crippen LogP contribution in [-0.2, 0) is 28.4 Å². The number of rotatable bonds is 10. The van der Waals surface area contributed by atoms with Gasteiger partial charge in [0.1, 0.15) is 0 Å². The summed E-state index contributed by atoms with van der Waals surface area (Å²) in [4.78, 5) is 17.6. The molecule has 1 aromatic carbocycles. The topological polar surface area (TPSA) is 66.8 Å². The molecule has 5 heteroatoms. The highest BCUT2D eigenvalue weighted by molar-refractivity contribution is 7.46. The first-order valence-electron chi connectivity index (χ1n) is 8.18. The quantitative estimate of drug-likeness (QED) is 0.627. The molecule has 4 nitrogen and oxygen atoms in total. The van der Waals surface area contributed by atoms with E-state index < -0.39 is 7.82 Å². The number of aryl methyl sites for hydroxylation is 3. The lowest BCUT2D eigenvalue weighted by molar-refractivity contribution is 0.199. The fraction of sp³-hybridized carbons (Fsp3) is 0.647. The van der Waals surface area contributed by atoms with Crippen molar-refractivity contribution in [2.75, 3.05) is 6.61 Å². The third kappa shape index (κ3) is 7.06. The number of benzene rings is 1. The molecule has 0 saturated carbocycles. The predicted octanol–water partition coefficient (Wildman–Crippen LogP) is 4.33. The lowest BCUT2D eigenvalue weighted by Crippen LogP contribution is -2.05. The fourth-order valence-corrected chi connectivity index (χ4v) is 3.04. The van der Waals surface area contributed by atoms with Gasteiger partial charge in [0.2, 0.25) is 0 Å². The molecule has 0 radical (unpaired) electrons. The summed E-state index contributed by atoms with van der Waals surface area (Å²) in [5.74, 6) is 0. The van der Waals surface area contributed by atoms with Crippen LogP contribution < -0.4 is 0 Å². The highest BCUT2D eigenvalue weighted by atomic mass is 31.2. The van der Waals surface area contributed by atoms with Crippen molar-refractivity contribution in [2.24, 2.45) is 0 Å². The van der Waals surface area contributed by atoms with Crippen LogP contribution in [0.5, 0.6) is 0 Å². The molecule has 1 rings (SSSR count). The number of hydrogen-bond donors (Lipinski definition) is 2. The molecule has 0 aliphatic carbocycles. The zero-order chi connectivity index (χ0) is 16.6. The van der Waals surface area contributed by atoms with Crippen molar-refractivity contribution in [1.82, 2.24) is 0 Å². The van der Waals surface area contributed by atoms with Crippen molar-refractivity contribution >= 4 is 7.82 Å². The molecule has 0 bridgehead atoms. The molecule has 0 amide bonds. The highest BCUT2D eigenvalue weighted by Crippen LogP contribution is 2.36. The van der Waals surface area contributed by atoms with E-state index in [1.54, 1.807) is 0 Å². The second-order valence-electron chi connectivity index (χ2n) is 5.83. The molecule has 0 heterocycles. The Balaban J connectivity index is 2.89. The van der Waals surface area contributed by atoms with Crippen molar-refractivity contribution in [2.45, 2.75) is 65.7 Å². The van der Waals surface area contributed by atoms with E-state index in [9.17, 15) is 4.57 Å². The van der Waals surface area contributed by atoms with Crippen LogP contribution in [0.3, 0.4) is 0 Å².